The lowest BCUT2D eigenvalue weighted by molar-refractivity contribution is 0.0195. The number of rotatable bonds is 13. The summed E-state index contributed by atoms with van der Waals surface area (Å²) in [6.07, 6.45) is 8.93. The van der Waals surface area contributed by atoms with Crippen LogP contribution in [0.4, 0.5) is 5.69 Å². The first-order valence-electron chi connectivity index (χ1n) is 18.2. The topological polar surface area (TPSA) is 175 Å². The molecule has 2 heterocycles. The van der Waals surface area contributed by atoms with Crippen LogP contribution >= 0.6 is 0 Å². The minimum absolute atomic E-state index is 0.0439. The van der Waals surface area contributed by atoms with Crippen LogP contribution in [-0.4, -0.2) is 52.4 Å². The van der Waals surface area contributed by atoms with Gasteiger partial charge in [-0.05, 0) is 95.0 Å². The molecular weight excluding hydrogens is 721 g/mol. The number of carbonyl (C=O) groups excluding carboxylic acids is 2. The lowest BCUT2D eigenvalue weighted by Gasteiger charge is -2.23. The average Bonchev–Trinajstić information content (AvgIpc) is 3.73. The molecule has 2 saturated carbocycles. The minimum Gasteiger partial charge on any atom is -0.459 e. The van der Waals surface area contributed by atoms with E-state index in [0.717, 1.165) is 69.9 Å². The van der Waals surface area contributed by atoms with Crippen molar-refractivity contribution in [2.75, 3.05) is 4.72 Å². The number of esters is 2. The SMILES string of the molecule is Cc1ccc(NS(=O)Oc2cc(C(=O)OC3CCCCC3)ccc2C(=O)OC2CCCCC2)cc1OS(=O)NC(C)c1nnc2cc(C(C)(C)C)[nH]n12. The molecule has 53 heavy (non-hydrogen) atoms. The van der Waals surface area contributed by atoms with Crippen LogP contribution in [0.5, 0.6) is 11.5 Å². The third-order valence-corrected chi connectivity index (χ3v) is 11.1. The van der Waals surface area contributed by atoms with E-state index in [1.165, 1.54) is 24.3 Å². The summed E-state index contributed by atoms with van der Waals surface area (Å²) in [4.78, 5) is 26.4. The molecule has 0 amide bonds. The normalized spacial score (nSPS) is 17.5. The summed E-state index contributed by atoms with van der Waals surface area (Å²) in [6.45, 7) is 9.84. The zero-order valence-electron chi connectivity index (χ0n) is 30.8. The number of H-pyrrole nitrogens is 1. The maximum absolute atomic E-state index is 13.4. The fraction of sp³-hybridized carbons (Fsp3) is 0.514. The first-order chi connectivity index (χ1) is 25.3. The summed E-state index contributed by atoms with van der Waals surface area (Å²) in [6, 6.07) is 10.6. The fourth-order valence-corrected chi connectivity index (χ4v) is 7.85. The van der Waals surface area contributed by atoms with Gasteiger partial charge in [-0.1, -0.05) is 39.7 Å². The van der Waals surface area contributed by atoms with E-state index in [1.807, 2.05) is 6.07 Å². The number of hydrogen-bond donors (Lipinski definition) is 3. The summed E-state index contributed by atoms with van der Waals surface area (Å²) < 4.78 is 56.9. The van der Waals surface area contributed by atoms with Crippen molar-refractivity contribution < 1.29 is 35.8 Å². The highest BCUT2D eigenvalue weighted by atomic mass is 32.2. The van der Waals surface area contributed by atoms with Gasteiger partial charge < -0.3 is 17.8 Å². The second kappa shape index (κ2) is 16.8. The van der Waals surface area contributed by atoms with Gasteiger partial charge in [-0.2, -0.15) is 13.1 Å². The van der Waals surface area contributed by atoms with E-state index in [4.69, 9.17) is 17.8 Å². The average molecular weight is 769 g/mol. The van der Waals surface area contributed by atoms with Gasteiger partial charge in [-0.25, -0.2) is 14.1 Å². The molecule has 14 nitrogen and oxygen atoms in total. The van der Waals surface area contributed by atoms with Crippen molar-refractivity contribution in [2.24, 2.45) is 0 Å². The molecule has 3 unspecified atom stereocenters. The van der Waals surface area contributed by atoms with Gasteiger partial charge in [-0.15, -0.1) is 10.2 Å². The molecule has 2 aromatic carbocycles. The van der Waals surface area contributed by atoms with Crippen molar-refractivity contribution >= 4 is 45.8 Å². The molecule has 0 radical (unpaired) electrons. The van der Waals surface area contributed by atoms with E-state index in [2.05, 4.69) is 45.5 Å². The Kier molecular flexibility index (Phi) is 12.2. The van der Waals surface area contributed by atoms with Crippen LogP contribution in [0.1, 0.15) is 136 Å². The fourth-order valence-electron chi connectivity index (χ4n) is 6.41. The van der Waals surface area contributed by atoms with E-state index in [-0.39, 0.29) is 40.2 Å². The molecule has 2 aromatic heterocycles. The molecule has 2 aliphatic carbocycles. The van der Waals surface area contributed by atoms with Crippen molar-refractivity contribution in [1.82, 2.24) is 24.5 Å². The number of nitrogens with one attached hydrogen (secondary N) is 3. The molecule has 0 spiro atoms. The van der Waals surface area contributed by atoms with Crippen molar-refractivity contribution in [3.63, 3.8) is 0 Å². The lowest BCUT2D eigenvalue weighted by atomic mass is 9.93. The number of nitrogens with zero attached hydrogens (tertiary/aromatic N) is 3. The maximum Gasteiger partial charge on any atom is 0.342 e. The maximum atomic E-state index is 13.4. The molecule has 16 heteroatoms. The molecule has 0 bridgehead atoms. The summed E-state index contributed by atoms with van der Waals surface area (Å²) in [7, 11) is 0. The number of aromatic nitrogens is 4. The van der Waals surface area contributed by atoms with Crippen LogP contribution < -0.4 is 17.8 Å². The minimum atomic E-state index is -2.24. The third-order valence-electron chi connectivity index (χ3n) is 9.50. The molecule has 286 valence electrons. The Labute approximate surface area is 314 Å². The Balaban J connectivity index is 1.13. The first-order valence-corrected chi connectivity index (χ1v) is 20.3. The second-order valence-electron chi connectivity index (χ2n) is 14.8. The number of ether oxygens (including phenoxy) is 2. The van der Waals surface area contributed by atoms with Crippen molar-refractivity contribution in [1.29, 1.82) is 0 Å². The van der Waals surface area contributed by atoms with Crippen LogP contribution in [0.3, 0.4) is 0 Å². The van der Waals surface area contributed by atoms with Gasteiger partial charge in [0.2, 0.25) is 0 Å². The number of aromatic amines is 1. The Morgan fingerprint density at radius 1 is 0.830 bits per heavy atom. The molecule has 2 aliphatic rings. The predicted octanol–water partition coefficient (Wildman–Crippen LogP) is 7.02. The second-order valence-corrected chi connectivity index (χ2v) is 16.5. The van der Waals surface area contributed by atoms with Crippen molar-refractivity contribution in [2.45, 2.75) is 122 Å². The Hall–Kier alpha value is -4.28. The highest BCUT2D eigenvalue weighted by Crippen LogP contribution is 2.30. The largest absolute Gasteiger partial charge is 0.459 e. The van der Waals surface area contributed by atoms with Crippen LogP contribution in [0.2, 0.25) is 0 Å². The highest BCUT2D eigenvalue weighted by Gasteiger charge is 2.26. The van der Waals surface area contributed by atoms with E-state index >= 15 is 0 Å². The Morgan fingerprint density at radius 3 is 2.13 bits per heavy atom. The van der Waals surface area contributed by atoms with Gasteiger partial charge in [-0.3, -0.25) is 9.82 Å². The molecule has 6 rings (SSSR count). The van der Waals surface area contributed by atoms with E-state index in [9.17, 15) is 18.0 Å². The summed E-state index contributed by atoms with van der Waals surface area (Å²) in [5, 5.41) is 11.8. The molecule has 3 atom stereocenters. The van der Waals surface area contributed by atoms with Crippen LogP contribution in [-0.2, 0) is 37.4 Å². The van der Waals surface area contributed by atoms with Crippen LogP contribution in [0.15, 0.2) is 42.5 Å². The number of benzene rings is 2. The zero-order chi connectivity index (χ0) is 37.7. The Morgan fingerprint density at radius 2 is 1.47 bits per heavy atom. The monoisotopic (exact) mass is 768 g/mol. The number of hydrogen-bond acceptors (Lipinski definition) is 10. The van der Waals surface area contributed by atoms with E-state index in [0.29, 0.717) is 22.7 Å². The molecule has 4 aromatic rings. The summed E-state index contributed by atoms with van der Waals surface area (Å²) in [5.41, 5.74) is 2.72. The standard InChI is InChI=1S/C37H48N6O8S2/c1-23-16-18-26(21-30(23)50-52(46)41-24(2)34-39-38-33-22-32(37(3,4)5)40-43(33)34)42-53(47)51-31-20-25(35(44)48-27-12-8-6-9-13-27)17-19-29(31)36(45)49-28-14-10-7-11-15-28/h16-22,24,27-28,40-42H,6-15H2,1-5H3. The molecule has 3 N–H and O–H groups in total. The van der Waals surface area contributed by atoms with E-state index in [1.54, 1.807) is 30.5 Å². The predicted molar refractivity (Wildman–Crippen MR) is 201 cm³/mol. The first kappa shape index (κ1) is 38.4. The summed E-state index contributed by atoms with van der Waals surface area (Å²) >= 11 is -4.24. The molecule has 0 saturated heterocycles. The number of fused-ring (bicyclic) bond motifs is 1. The highest BCUT2D eigenvalue weighted by molar-refractivity contribution is 7.82. The lowest BCUT2D eigenvalue weighted by Crippen LogP contribution is -2.27. The van der Waals surface area contributed by atoms with Gasteiger partial charge in [0, 0.05) is 23.2 Å². The molecule has 0 aliphatic heterocycles. The van der Waals surface area contributed by atoms with Crippen molar-refractivity contribution in [3.8, 4) is 11.5 Å². The van der Waals surface area contributed by atoms with Gasteiger partial charge in [0.1, 0.15) is 23.5 Å². The number of anilines is 1. The molecular formula is C37H48N6O8S2. The number of aryl methyl sites for hydroxylation is 1. The van der Waals surface area contributed by atoms with Gasteiger partial charge in [0.25, 0.3) is 11.3 Å². The molecule has 2 fully saturated rings. The zero-order valence-corrected chi connectivity index (χ0v) is 32.4. The smallest absolute Gasteiger partial charge is 0.342 e. The number of carbonyl (C=O) groups is 2. The van der Waals surface area contributed by atoms with E-state index < -0.39 is 40.5 Å². The van der Waals surface area contributed by atoms with Crippen LogP contribution in [0, 0.1) is 6.92 Å². The van der Waals surface area contributed by atoms with Gasteiger partial charge >= 0.3 is 23.2 Å². The summed E-state index contributed by atoms with van der Waals surface area (Å²) in [5.74, 6) is -0.461. The Bertz CT molecular complexity index is 1980. The van der Waals surface area contributed by atoms with Crippen LogP contribution in [0.25, 0.3) is 5.65 Å². The van der Waals surface area contributed by atoms with Gasteiger partial charge in [0.05, 0.1) is 17.3 Å². The third kappa shape index (κ3) is 9.83. The quantitative estimate of drug-likeness (QED) is 0.120. The van der Waals surface area contributed by atoms with Crippen molar-refractivity contribution in [3.05, 3.63) is 70.7 Å². The van der Waals surface area contributed by atoms with Gasteiger partial charge in [0.15, 0.2) is 17.2 Å².